The highest BCUT2D eigenvalue weighted by atomic mass is 32.2. The van der Waals surface area contributed by atoms with Crippen LogP contribution >= 0.6 is 0 Å². The van der Waals surface area contributed by atoms with Crippen LogP contribution in [0.25, 0.3) is 0 Å². The molecule has 2 aliphatic rings. The number of anilines is 2. The highest BCUT2D eigenvalue weighted by Crippen LogP contribution is 2.38. The summed E-state index contributed by atoms with van der Waals surface area (Å²) in [6, 6.07) is 6.50. The molecular weight excluding hydrogens is 475 g/mol. The van der Waals surface area contributed by atoms with Gasteiger partial charge in [0.1, 0.15) is 10.6 Å². The van der Waals surface area contributed by atoms with Crippen molar-refractivity contribution >= 4 is 27.4 Å². The third-order valence-corrected chi connectivity index (χ3v) is 7.58. The fourth-order valence-corrected chi connectivity index (χ4v) is 5.76. The number of nitrogens with one attached hydrogen (secondary N) is 1. The predicted molar refractivity (Wildman–Crippen MR) is 119 cm³/mol. The fourth-order valence-electron chi connectivity index (χ4n) is 4.50. The highest BCUT2D eigenvalue weighted by Gasteiger charge is 2.35. The van der Waals surface area contributed by atoms with Gasteiger partial charge in [-0.25, -0.2) is 13.2 Å². The molecule has 0 unspecified atom stereocenters. The van der Waals surface area contributed by atoms with Crippen LogP contribution in [0.3, 0.4) is 0 Å². The van der Waals surface area contributed by atoms with Crippen molar-refractivity contribution in [1.29, 1.82) is 0 Å². The minimum atomic E-state index is -4.68. The molecule has 8 nitrogen and oxygen atoms in total. The van der Waals surface area contributed by atoms with Gasteiger partial charge < -0.3 is 14.7 Å². The van der Waals surface area contributed by atoms with E-state index in [4.69, 9.17) is 4.74 Å². The lowest BCUT2D eigenvalue weighted by Crippen LogP contribution is -2.50. The summed E-state index contributed by atoms with van der Waals surface area (Å²) in [6.07, 6.45) is -2.66. The van der Waals surface area contributed by atoms with Gasteiger partial charge in [0.15, 0.2) is 0 Å². The Bertz CT molecular complexity index is 1200. The highest BCUT2D eigenvalue weighted by molar-refractivity contribution is 7.92. The number of ether oxygens (including phenoxy) is 1. The number of fused-ring (bicyclic) bond motifs is 1. The van der Waals surface area contributed by atoms with Gasteiger partial charge in [0.2, 0.25) is 0 Å². The molecule has 2 aliphatic heterocycles. The zero-order valence-electron chi connectivity index (χ0n) is 18.3. The minimum Gasteiger partial charge on any atom is -0.495 e. The van der Waals surface area contributed by atoms with Crippen LogP contribution in [0.1, 0.15) is 28.8 Å². The number of aromatic carboxylic acids is 1. The monoisotopic (exact) mass is 499 g/mol. The zero-order valence-corrected chi connectivity index (χ0v) is 19.1. The average Bonchev–Trinajstić information content (AvgIpc) is 3.25. The van der Waals surface area contributed by atoms with E-state index in [9.17, 15) is 31.5 Å². The number of hydrogen-bond donors (Lipinski definition) is 2. The molecule has 0 spiro atoms. The first-order chi connectivity index (χ1) is 16.0. The number of carbonyl (C=O) groups is 1. The molecule has 184 valence electrons. The number of benzene rings is 2. The topological polar surface area (TPSA) is 99.2 Å². The Morgan fingerprint density at radius 1 is 1.15 bits per heavy atom. The van der Waals surface area contributed by atoms with Gasteiger partial charge in [-0.3, -0.25) is 9.62 Å². The molecule has 2 aromatic rings. The molecule has 12 heteroatoms. The lowest BCUT2D eigenvalue weighted by molar-refractivity contribution is -0.137. The molecular formula is C22H24F3N3O5S. The summed E-state index contributed by atoms with van der Waals surface area (Å²) in [5.74, 6) is -1.49. The summed E-state index contributed by atoms with van der Waals surface area (Å²) < 4.78 is 74.2. The smallest absolute Gasteiger partial charge is 0.416 e. The number of halogens is 3. The summed E-state index contributed by atoms with van der Waals surface area (Å²) in [5, 5.41) is 9.25. The molecule has 4 rings (SSSR count). The Labute approximate surface area is 195 Å². The van der Waals surface area contributed by atoms with Crippen molar-refractivity contribution in [3.63, 3.8) is 0 Å². The van der Waals surface area contributed by atoms with Gasteiger partial charge in [-0.15, -0.1) is 0 Å². The van der Waals surface area contributed by atoms with Crippen LogP contribution in [0.4, 0.5) is 24.5 Å². The first kappa shape index (κ1) is 24.1. The second-order valence-corrected chi connectivity index (χ2v) is 9.93. The maximum atomic E-state index is 13.5. The molecule has 2 N–H and O–H groups in total. The number of rotatable bonds is 6. The van der Waals surface area contributed by atoms with Crippen LogP contribution < -0.4 is 14.4 Å². The molecule has 0 radical (unpaired) electrons. The summed E-state index contributed by atoms with van der Waals surface area (Å²) in [4.78, 5) is 15.1. The van der Waals surface area contributed by atoms with Gasteiger partial charge in [-0.05, 0) is 55.8 Å². The van der Waals surface area contributed by atoms with Crippen molar-refractivity contribution in [3.05, 3.63) is 47.5 Å². The molecule has 2 heterocycles. The van der Waals surface area contributed by atoms with Crippen molar-refractivity contribution in [2.75, 3.05) is 42.9 Å². The molecule has 2 aromatic carbocycles. The van der Waals surface area contributed by atoms with Crippen LogP contribution in [0, 0.1) is 0 Å². The van der Waals surface area contributed by atoms with Crippen LogP contribution in [0.5, 0.6) is 5.75 Å². The number of methoxy groups -OCH3 is 1. The number of piperazine rings is 1. The van der Waals surface area contributed by atoms with Gasteiger partial charge in [0.25, 0.3) is 10.0 Å². The van der Waals surface area contributed by atoms with E-state index in [1.54, 1.807) is 0 Å². The van der Waals surface area contributed by atoms with Crippen LogP contribution in [0.2, 0.25) is 0 Å². The predicted octanol–water partition coefficient (Wildman–Crippen LogP) is 3.50. The van der Waals surface area contributed by atoms with Crippen molar-refractivity contribution in [2.24, 2.45) is 0 Å². The average molecular weight is 500 g/mol. The van der Waals surface area contributed by atoms with Gasteiger partial charge in [-0.2, -0.15) is 13.2 Å². The first-order valence-electron chi connectivity index (χ1n) is 10.6. The Morgan fingerprint density at radius 3 is 2.59 bits per heavy atom. The van der Waals surface area contributed by atoms with Gasteiger partial charge in [0, 0.05) is 25.7 Å². The Balaban J connectivity index is 1.75. The maximum absolute atomic E-state index is 13.5. The summed E-state index contributed by atoms with van der Waals surface area (Å²) >= 11 is 0. The van der Waals surface area contributed by atoms with E-state index in [0.717, 1.165) is 44.1 Å². The number of sulfonamides is 1. The van der Waals surface area contributed by atoms with E-state index in [2.05, 4.69) is 9.62 Å². The van der Waals surface area contributed by atoms with Crippen molar-refractivity contribution in [3.8, 4) is 5.75 Å². The number of carboxylic acid groups (broad SMARTS) is 1. The SMILES string of the molecule is COc1ccc(C(=O)O)cc1S(=O)(=O)Nc1cc(C(F)(F)F)ccc1N1CCN2CCC[C@@H]2C1. The molecule has 34 heavy (non-hydrogen) atoms. The lowest BCUT2D eigenvalue weighted by Gasteiger charge is -2.39. The first-order valence-corrected chi connectivity index (χ1v) is 12.1. The summed E-state index contributed by atoms with van der Waals surface area (Å²) in [6.45, 7) is 2.81. The number of nitrogens with zero attached hydrogens (tertiary/aromatic N) is 2. The van der Waals surface area contributed by atoms with E-state index in [-0.39, 0.29) is 23.0 Å². The standard InChI is InChI=1S/C22H24F3N3O5S/c1-33-19-7-4-14(21(29)30)11-20(19)34(31,32)26-17-12-15(22(23,24)25)5-6-18(17)28-10-9-27-8-2-3-16(27)13-28/h4-7,11-12,16,26H,2-3,8-10,13H2,1H3,(H,29,30)/t16-/m1/s1. The fraction of sp³-hybridized carbons (Fsp3) is 0.409. The zero-order chi connectivity index (χ0) is 24.7. The van der Waals surface area contributed by atoms with Crippen molar-refractivity contribution < 1.29 is 36.2 Å². The quantitative estimate of drug-likeness (QED) is 0.628. The van der Waals surface area contributed by atoms with E-state index in [0.29, 0.717) is 18.8 Å². The third-order valence-electron chi connectivity index (χ3n) is 6.20. The van der Waals surface area contributed by atoms with Gasteiger partial charge in [-0.1, -0.05) is 0 Å². The largest absolute Gasteiger partial charge is 0.495 e. The number of carboxylic acids is 1. The second kappa shape index (κ2) is 8.99. The molecule has 2 saturated heterocycles. The second-order valence-electron chi connectivity index (χ2n) is 8.28. The minimum absolute atomic E-state index is 0.134. The molecule has 0 aliphatic carbocycles. The Morgan fingerprint density at radius 2 is 1.91 bits per heavy atom. The van der Waals surface area contributed by atoms with E-state index < -0.39 is 32.6 Å². The molecule has 0 bridgehead atoms. The number of alkyl halides is 3. The molecule has 0 saturated carbocycles. The normalized spacial score (nSPS) is 19.1. The number of hydrogen-bond acceptors (Lipinski definition) is 6. The van der Waals surface area contributed by atoms with E-state index >= 15 is 0 Å². The van der Waals surface area contributed by atoms with Crippen LogP contribution in [-0.4, -0.2) is 63.7 Å². The Kier molecular flexibility index (Phi) is 6.38. The van der Waals surface area contributed by atoms with Crippen molar-refractivity contribution in [2.45, 2.75) is 30.0 Å². The summed E-state index contributed by atoms with van der Waals surface area (Å²) in [7, 11) is -3.28. The maximum Gasteiger partial charge on any atom is 0.416 e. The molecule has 0 aromatic heterocycles. The van der Waals surface area contributed by atoms with E-state index in [1.807, 2.05) is 4.90 Å². The van der Waals surface area contributed by atoms with Gasteiger partial charge in [0.05, 0.1) is 29.6 Å². The molecule has 1 atom stereocenters. The lowest BCUT2D eigenvalue weighted by atomic mass is 10.1. The third kappa shape index (κ3) is 4.78. The Hall–Kier alpha value is -2.99. The van der Waals surface area contributed by atoms with E-state index in [1.165, 1.54) is 25.3 Å². The summed E-state index contributed by atoms with van der Waals surface area (Å²) in [5.41, 5.74) is -1.21. The van der Waals surface area contributed by atoms with Gasteiger partial charge >= 0.3 is 12.1 Å². The van der Waals surface area contributed by atoms with Crippen LogP contribution in [-0.2, 0) is 16.2 Å². The van der Waals surface area contributed by atoms with Crippen molar-refractivity contribution in [1.82, 2.24) is 4.90 Å². The molecule has 0 amide bonds. The van der Waals surface area contributed by atoms with Crippen LogP contribution in [0.15, 0.2) is 41.3 Å². The molecule has 2 fully saturated rings.